The van der Waals surface area contributed by atoms with Gasteiger partial charge in [-0.1, -0.05) is 0 Å². The second-order valence-corrected chi connectivity index (χ2v) is 7.57. The molecule has 5 nitrogen and oxygen atoms in total. The van der Waals surface area contributed by atoms with Gasteiger partial charge < -0.3 is 15.3 Å². The summed E-state index contributed by atoms with van der Waals surface area (Å²) in [5, 5.41) is 12.6. The van der Waals surface area contributed by atoms with Gasteiger partial charge in [0.2, 0.25) is 5.91 Å². The van der Waals surface area contributed by atoms with Crippen LogP contribution >= 0.6 is 11.3 Å². The molecule has 1 aromatic heterocycles. The molecule has 1 saturated heterocycles. The number of rotatable bonds is 4. The minimum Gasteiger partial charge on any atom is -0.396 e. The summed E-state index contributed by atoms with van der Waals surface area (Å²) < 4.78 is 0. The zero-order valence-electron chi connectivity index (χ0n) is 12.7. The molecule has 2 atom stereocenters. The Morgan fingerprint density at radius 2 is 2.14 bits per heavy atom. The number of hydrogen-bond acceptors (Lipinski definition) is 4. The first-order chi connectivity index (χ1) is 10.6. The topological polar surface area (TPSA) is 69.6 Å². The number of nitrogens with one attached hydrogen (secondary N) is 1. The Morgan fingerprint density at radius 1 is 1.36 bits per heavy atom. The summed E-state index contributed by atoms with van der Waals surface area (Å²) in [5.41, 5.74) is 0. The fourth-order valence-electron chi connectivity index (χ4n) is 2.92. The summed E-state index contributed by atoms with van der Waals surface area (Å²) in [6.45, 7) is 3.16. The lowest BCUT2D eigenvalue weighted by atomic mass is 9.92. The van der Waals surface area contributed by atoms with Gasteiger partial charge in [-0.2, -0.15) is 0 Å². The highest BCUT2D eigenvalue weighted by molar-refractivity contribution is 7.13. The van der Waals surface area contributed by atoms with E-state index < -0.39 is 0 Å². The molecular weight excluding hydrogens is 300 g/mol. The second-order valence-electron chi connectivity index (χ2n) is 6.28. The normalized spacial score (nSPS) is 25.1. The summed E-state index contributed by atoms with van der Waals surface area (Å²) in [5.74, 6) is 0.284. The first-order valence-corrected chi connectivity index (χ1v) is 8.67. The van der Waals surface area contributed by atoms with Crippen molar-refractivity contribution >= 4 is 23.2 Å². The minimum absolute atomic E-state index is 0.0279. The van der Waals surface area contributed by atoms with E-state index >= 15 is 0 Å². The lowest BCUT2D eigenvalue weighted by Gasteiger charge is -2.38. The van der Waals surface area contributed by atoms with Crippen LogP contribution in [-0.2, 0) is 4.79 Å². The quantitative estimate of drug-likeness (QED) is 0.880. The maximum absolute atomic E-state index is 12.5. The van der Waals surface area contributed by atoms with Gasteiger partial charge in [-0.3, -0.25) is 9.59 Å². The van der Waals surface area contributed by atoms with Crippen molar-refractivity contribution in [2.24, 2.45) is 11.8 Å². The summed E-state index contributed by atoms with van der Waals surface area (Å²) in [6.07, 6.45) is 2.64. The zero-order chi connectivity index (χ0) is 15.7. The number of aliphatic hydroxyl groups is 1. The number of thiophene rings is 1. The number of carbonyl (C=O) groups is 2. The van der Waals surface area contributed by atoms with Crippen molar-refractivity contribution in [1.29, 1.82) is 0 Å². The maximum Gasteiger partial charge on any atom is 0.263 e. The number of nitrogens with zero attached hydrogens (tertiary/aromatic N) is 1. The monoisotopic (exact) mass is 322 g/mol. The molecule has 0 aromatic carbocycles. The third-order valence-corrected chi connectivity index (χ3v) is 5.49. The molecule has 0 bridgehead atoms. The van der Waals surface area contributed by atoms with Gasteiger partial charge >= 0.3 is 0 Å². The van der Waals surface area contributed by atoms with Gasteiger partial charge in [-0.05, 0) is 38.3 Å². The van der Waals surface area contributed by atoms with Gasteiger partial charge in [0.1, 0.15) is 0 Å². The first-order valence-electron chi connectivity index (χ1n) is 7.85. The summed E-state index contributed by atoms with van der Waals surface area (Å²) in [6, 6.07) is 3.67. The van der Waals surface area contributed by atoms with Crippen molar-refractivity contribution in [2.45, 2.75) is 32.2 Å². The Morgan fingerprint density at radius 3 is 2.73 bits per heavy atom. The number of aryl methyl sites for hydroxylation is 1. The summed E-state index contributed by atoms with van der Waals surface area (Å²) >= 11 is 1.50. The number of hydrogen-bond donors (Lipinski definition) is 2. The second kappa shape index (κ2) is 6.38. The van der Waals surface area contributed by atoms with E-state index in [4.69, 9.17) is 0 Å². The third-order valence-electron chi connectivity index (χ3n) is 4.50. The van der Waals surface area contributed by atoms with Crippen molar-refractivity contribution in [3.05, 3.63) is 21.9 Å². The first kappa shape index (κ1) is 15.5. The predicted octanol–water partition coefficient (Wildman–Crippen LogP) is 1.41. The molecule has 1 aliphatic heterocycles. The highest BCUT2D eigenvalue weighted by atomic mass is 32.1. The molecular formula is C16H22N2O3S. The smallest absolute Gasteiger partial charge is 0.263 e. The largest absolute Gasteiger partial charge is 0.396 e. The van der Waals surface area contributed by atoms with Crippen LogP contribution in [0, 0.1) is 18.8 Å². The number of piperidine rings is 1. The number of carbonyl (C=O) groups excluding carboxylic acids is 2. The number of aliphatic hydroxyl groups excluding tert-OH is 1. The number of amides is 2. The molecule has 0 unspecified atom stereocenters. The van der Waals surface area contributed by atoms with E-state index in [0.29, 0.717) is 13.1 Å². The Balaban J connectivity index is 1.66. The van der Waals surface area contributed by atoms with Gasteiger partial charge in [0.25, 0.3) is 5.91 Å². The lowest BCUT2D eigenvalue weighted by Crippen LogP contribution is -2.55. The highest BCUT2D eigenvalue weighted by Crippen LogP contribution is 2.30. The maximum atomic E-state index is 12.5. The molecule has 2 heterocycles. The Kier molecular flexibility index (Phi) is 4.49. The summed E-state index contributed by atoms with van der Waals surface area (Å²) in [4.78, 5) is 28.2. The van der Waals surface area contributed by atoms with Crippen molar-refractivity contribution in [2.75, 3.05) is 19.7 Å². The molecule has 2 amide bonds. The number of likely N-dealkylation sites (tertiary alicyclic amines) is 1. The van der Waals surface area contributed by atoms with Crippen molar-refractivity contribution < 1.29 is 14.7 Å². The molecule has 3 rings (SSSR count). The minimum atomic E-state index is -0.142. The Labute approximate surface area is 134 Å². The van der Waals surface area contributed by atoms with Crippen LogP contribution in [0.25, 0.3) is 0 Å². The van der Waals surface area contributed by atoms with Crippen molar-refractivity contribution in [3.8, 4) is 0 Å². The summed E-state index contributed by atoms with van der Waals surface area (Å²) in [7, 11) is 0. The van der Waals surface area contributed by atoms with Gasteiger partial charge in [-0.25, -0.2) is 0 Å². The third kappa shape index (κ3) is 3.33. The molecule has 22 heavy (non-hydrogen) atoms. The fraction of sp³-hybridized carbons (Fsp3) is 0.625. The molecule has 2 fully saturated rings. The van der Waals surface area contributed by atoms with Crippen LogP contribution in [0.15, 0.2) is 12.1 Å². The van der Waals surface area contributed by atoms with E-state index in [1.54, 1.807) is 4.90 Å². The Hall–Kier alpha value is -1.40. The van der Waals surface area contributed by atoms with Crippen LogP contribution < -0.4 is 5.32 Å². The molecule has 2 aliphatic rings. The van der Waals surface area contributed by atoms with E-state index in [1.807, 2.05) is 19.1 Å². The SMILES string of the molecule is Cc1ccc(C(=O)N2CC[C@H](CO)[C@H](NC(=O)C3CC3)C2)s1. The van der Waals surface area contributed by atoms with Gasteiger partial charge in [0.15, 0.2) is 0 Å². The average molecular weight is 322 g/mol. The molecule has 120 valence electrons. The van der Waals surface area contributed by atoms with Crippen molar-refractivity contribution in [1.82, 2.24) is 10.2 Å². The van der Waals surface area contributed by atoms with E-state index in [1.165, 1.54) is 11.3 Å². The standard InChI is InChI=1S/C16H22N2O3S/c1-10-2-5-14(22-10)16(21)18-7-6-12(9-19)13(8-18)17-15(20)11-3-4-11/h2,5,11-13,19H,3-4,6-9H2,1H3,(H,17,20)/t12-,13-/m1/s1. The fourth-order valence-corrected chi connectivity index (χ4v) is 3.75. The van der Waals surface area contributed by atoms with Gasteiger partial charge in [0, 0.05) is 36.4 Å². The molecule has 1 aliphatic carbocycles. The van der Waals surface area contributed by atoms with Gasteiger partial charge in [0.05, 0.1) is 10.9 Å². The molecule has 0 radical (unpaired) electrons. The zero-order valence-corrected chi connectivity index (χ0v) is 13.6. The van der Waals surface area contributed by atoms with Crippen LogP contribution in [0.5, 0.6) is 0 Å². The predicted molar refractivity (Wildman–Crippen MR) is 84.8 cm³/mol. The van der Waals surface area contributed by atoms with Crippen LogP contribution in [-0.4, -0.2) is 47.6 Å². The van der Waals surface area contributed by atoms with E-state index in [0.717, 1.165) is 29.0 Å². The van der Waals surface area contributed by atoms with Crippen LogP contribution in [0.4, 0.5) is 0 Å². The molecule has 2 N–H and O–H groups in total. The molecule has 0 spiro atoms. The Bertz CT molecular complexity index is 567. The van der Waals surface area contributed by atoms with E-state index in [2.05, 4.69) is 5.32 Å². The van der Waals surface area contributed by atoms with Crippen LogP contribution in [0.3, 0.4) is 0 Å². The molecule has 1 saturated carbocycles. The van der Waals surface area contributed by atoms with Crippen LogP contribution in [0.2, 0.25) is 0 Å². The molecule has 1 aromatic rings. The van der Waals surface area contributed by atoms with E-state index in [9.17, 15) is 14.7 Å². The molecule has 6 heteroatoms. The van der Waals surface area contributed by atoms with Crippen LogP contribution in [0.1, 0.15) is 33.8 Å². The van der Waals surface area contributed by atoms with E-state index in [-0.39, 0.29) is 36.3 Å². The van der Waals surface area contributed by atoms with Gasteiger partial charge in [-0.15, -0.1) is 11.3 Å². The van der Waals surface area contributed by atoms with Crippen molar-refractivity contribution in [3.63, 3.8) is 0 Å². The average Bonchev–Trinajstić information content (AvgIpc) is 3.28. The lowest BCUT2D eigenvalue weighted by molar-refractivity contribution is -0.123. The highest BCUT2D eigenvalue weighted by Gasteiger charge is 2.36.